The Morgan fingerprint density at radius 1 is 1.44 bits per heavy atom. The Morgan fingerprint density at radius 3 is 2.88 bits per heavy atom. The van der Waals surface area contributed by atoms with Gasteiger partial charge in [0.15, 0.2) is 11.0 Å². The second kappa shape index (κ2) is 4.47. The largest absolute Gasteiger partial charge is 0.326 e. The number of benzene rings is 1. The second-order valence-corrected chi connectivity index (χ2v) is 3.99. The predicted octanol–water partition coefficient (Wildman–Crippen LogP) is 2.83. The summed E-state index contributed by atoms with van der Waals surface area (Å²) in [5.41, 5.74) is 1.46. The van der Waals surface area contributed by atoms with Crippen LogP contribution < -0.4 is 4.90 Å². The summed E-state index contributed by atoms with van der Waals surface area (Å²) < 4.78 is 7.98. The third kappa shape index (κ3) is 1.98. The van der Waals surface area contributed by atoms with Gasteiger partial charge in [0, 0.05) is 12.7 Å². The van der Waals surface area contributed by atoms with Crippen molar-refractivity contribution in [1.82, 2.24) is 8.75 Å². The van der Waals surface area contributed by atoms with Crippen LogP contribution in [0.5, 0.6) is 0 Å². The molecule has 16 heavy (non-hydrogen) atoms. The van der Waals surface area contributed by atoms with Crippen molar-refractivity contribution in [2.24, 2.45) is 0 Å². The van der Waals surface area contributed by atoms with E-state index in [4.69, 9.17) is 16.9 Å². The molecule has 0 spiro atoms. The molecule has 80 valence electrons. The molecular formula is C10H7ClN4S. The average molecular weight is 251 g/mol. The molecule has 1 aromatic heterocycles. The first-order chi connectivity index (χ1) is 7.72. The topological polar surface area (TPSA) is 52.8 Å². The SMILES string of the molecule is CN(c1cccc(C#N)c1)c1nsnc1Cl. The highest BCUT2D eigenvalue weighted by molar-refractivity contribution is 6.99. The monoisotopic (exact) mass is 250 g/mol. The Morgan fingerprint density at radius 2 is 2.25 bits per heavy atom. The Bertz CT molecular complexity index is 546. The van der Waals surface area contributed by atoms with Crippen LogP contribution in [-0.4, -0.2) is 15.8 Å². The van der Waals surface area contributed by atoms with Crippen molar-refractivity contribution in [3.05, 3.63) is 35.0 Å². The first-order valence-electron chi connectivity index (χ1n) is 4.44. The van der Waals surface area contributed by atoms with E-state index in [0.29, 0.717) is 16.5 Å². The standard InChI is InChI=1S/C10H7ClN4S/c1-15(10-9(11)13-16-14-10)8-4-2-3-7(5-8)6-12/h2-5H,1H3. The molecule has 0 unspecified atom stereocenters. The number of aromatic nitrogens is 2. The summed E-state index contributed by atoms with van der Waals surface area (Å²) in [6, 6.07) is 9.31. The number of nitrogens with zero attached hydrogens (tertiary/aromatic N) is 4. The zero-order valence-corrected chi connectivity index (χ0v) is 9.96. The van der Waals surface area contributed by atoms with Crippen LogP contribution in [0.3, 0.4) is 0 Å². The number of nitriles is 1. The number of halogens is 1. The smallest absolute Gasteiger partial charge is 0.187 e. The molecule has 0 aliphatic carbocycles. The molecule has 0 saturated heterocycles. The fourth-order valence-electron chi connectivity index (χ4n) is 1.28. The minimum Gasteiger partial charge on any atom is -0.326 e. The van der Waals surface area contributed by atoms with Crippen LogP contribution in [0.2, 0.25) is 5.15 Å². The first-order valence-corrected chi connectivity index (χ1v) is 5.55. The zero-order valence-electron chi connectivity index (χ0n) is 8.38. The normalized spacial score (nSPS) is 9.81. The van der Waals surface area contributed by atoms with Crippen molar-refractivity contribution >= 4 is 34.8 Å². The fourth-order valence-corrected chi connectivity index (χ4v) is 2.07. The molecule has 0 fully saturated rings. The van der Waals surface area contributed by atoms with Crippen LogP contribution in [0.25, 0.3) is 0 Å². The number of rotatable bonds is 2. The molecule has 1 aromatic carbocycles. The van der Waals surface area contributed by atoms with Gasteiger partial charge in [0.2, 0.25) is 0 Å². The molecule has 0 aliphatic heterocycles. The molecule has 4 nitrogen and oxygen atoms in total. The van der Waals surface area contributed by atoms with Crippen LogP contribution in [0.4, 0.5) is 11.5 Å². The molecule has 0 atom stereocenters. The lowest BCUT2D eigenvalue weighted by Gasteiger charge is -2.16. The fraction of sp³-hybridized carbons (Fsp3) is 0.100. The van der Waals surface area contributed by atoms with Crippen molar-refractivity contribution in [2.45, 2.75) is 0 Å². The van der Waals surface area contributed by atoms with E-state index in [1.165, 1.54) is 0 Å². The molecule has 0 bridgehead atoms. The van der Waals surface area contributed by atoms with Crippen LogP contribution in [0.15, 0.2) is 24.3 Å². The van der Waals surface area contributed by atoms with Crippen molar-refractivity contribution in [1.29, 1.82) is 5.26 Å². The lowest BCUT2D eigenvalue weighted by Crippen LogP contribution is -2.10. The number of hydrogen-bond acceptors (Lipinski definition) is 5. The van der Waals surface area contributed by atoms with Crippen LogP contribution in [0.1, 0.15) is 5.56 Å². The number of anilines is 2. The van der Waals surface area contributed by atoms with Crippen LogP contribution >= 0.6 is 23.3 Å². The summed E-state index contributed by atoms with van der Waals surface area (Å²) >= 11 is 6.95. The zero-order chi connectivity index (χ0) is 11.5. The lowest BCUT2D eigenvalue weighted by molar-refractivity contribution is 1.17. The lowest BCUT2D eigenvalue weighted by atomic mass is 10.2. The van der Waals surface area contributed by atoms with E-state index in [9.17, 15) is 0 Å². The van der Waals surface area contributed by atoms with E-state index in [-0.39, 0.29) is 0 Å². The maximum atomic E-state index is 8.81. The molecule has 0 saturated carbocycles. The Labute approximate surface area is 102 Å². The molecule has 6 heteroatoms. The molecule has 0 N–H and O–H groups in total. The minimum atomic E-state index is 0.370. The summed E-state index contributed by atoms with van der Waals surface area (Å²) in [7, 11) is 1.83. The van der Waals surface area contributed by atoms with Crippen molar-refractivity contribution in [2.75, 3.05) is 11.9 Å². The molecule has 0 aliphatic rings. The summed E-state index contributed by atoms with van der Waals surface area (Å²) in [6.07, 6.45) is 0. The highest BCUT2D eigenvalue weighted by Crippen LogP contribution is 2.28. The van der Waals surface area contributed by atoms with Gasteiger partial charge in [-0.3, -0.25) is 0 Å². The van der Waals surface area contributed by atoms with Crippen molar-refractivity contribution in [3.8, 4) is 6.07 Å². The number of hydrogen-bond donors (Lipinski definition) is 0. The van der Waals surface area contributed by atoms with Gasteiger partial charge in [0.1, 0.15) is 0 Å². The summed E-state index contributed by atoms with van der Waals surface area (Å²) in [5, 5.41) is 9.18. The van der Waals surface area contributed by atoms with Crippen molar-refractivity contribution < 1.29 is 0 Å². The quantitative estimate of drug-likeness (QED) is 0.822. The average Bonchev–Trinajstić information content (AvgIpc) is 2.74. The Hall–Kier alpha value is -1.64. The van der Waals surface area contributed by atoms with Gasteiger partial charge < -0.3 is 4.90 Å². The van der Waals surface area contributed by atoms with Gasteiger partial charge in [0.05, 0.1) is 23.4 Å². The maximum absolute atomic E-state index is 8.81. The molecular weight excluding hydrogens is 244 g/mol. The molecule has 0 radical (unpaired) electrons. The van der Waals surface area contributed by atoms with Crippen LogP contribution in [-0.2, 0) is 0 Å². The second-order valence-electron chi connectivity index (χ2n) is 3.10. The van der Waals surface area contributed by atoms with E-state index in [0.717, 1.165) is 17.4 Å². The van der Waals surface area contributed by atoms with Crippen LogP contribution in [0, 0.1) is 11.3 Å². The molecule has 2 rings (SSSR count). The molecule has 1 heterocycles. The van der Waals surface area contributed by atoms with Gasteiger partial charge in [-0.1, -0.05) is 17.7 Å². The molecule has 2 aromatic rings. The van der Waals surface area contributed by atoms with Crippen molar-refractivity contribution in [3.63, 3.8) is 0 Å². The molecule has 0 amide bonds. The van der Waals surface area contributed by atoms with E-state index in [1.807, 2.05) is 19.2 Å². The van der Waals surface area contributed by atoms with E-state index < -0.39 is 0 Å². The third-order valence-corrected chi connectivity index (χ3v) is 2.99. The third-order valence-electron chi connectivity index (χ3n) is 2.11. The van der Waals surface area contributed by atoms with Gasteiger partial charge in [-0.2, -0.15) is 14.0 Å². The minimum absolute atomic E-state index is 0.370. The Kier molecular flexibility index (Phi) is 3.04. The maximum Gasteiger partial charge on any atom is 0.187 e. The van der Waals surface area contributed by atoms with Gasteiger partial charge in [-0.05, 0) is 18.2 Å². The van der Waals surface area contributed by atoms with Gasteiger partial charge in [-0.25, -0.2) is 0 Å². The summed E-state index contributed by atoms with van der Waals surface area (Å²) in [5.74, 6) is 0.599. The highest BCUT2D eigenvalue weighted by atomic mass is 35.5. The van der Waals surface area contributed by atoms with E-state index in [1.54, 1.807) is 17.0 Å². The van der Waals surface area contributed by atoms with Gasteiger partial charge >= 0.3 is 0 Å². The highest BCUT2D eigenvalue weighted by Gasteiger charge is 2.12. The first kappa shape index (κ1) is 10.9. The Balaban J connectivity index is 2.38. The summed E-state index contributed by atoms with van der Waals surface area (Å²) in [6.45, 7) is 0. The summed E-state index contributed by atoms with van der Waals surface area (Å²) in [4.78, 5) is 1.80. The van der Waals surface area contributed by atoms with E-state index in [2.05, 4.69) is 14.8 Å². The van der Waals surface area contributed by atoms with Gasteiger partial charge in [0.25, 0.3) is 0 Å². The predicted molar refractivity (Wildman–Crippen MR) is 64.1 cm³/mol. The van der Waals surface area contributed by atoms with Gasteiger partial charge in [-0.15, -0.1) is 0 Å². The van der Waals surface area contributed by atoms with E-state index >= 15 is 0 Å².